The Balaban J connectivity index is 0.000000186. The zero-order valence-corrected chi connectivity index (χ0v) is 44.3. The summed E-state index contributed by atoms with van der Waals surface area (Å²) in [6.45, 7) is 29.2. The Morgan fingerprint density at radius 3 is 0.922 bits per heavy atom. The zero-order chi connectivity index (χ0) is 38.4. The van der Waals surface area contributed by atoms with Gasteiger partial charge in [0.25, 0.3) is 0 Å². The predicted octanol–water partition coefficient (Wildman–Crippen LogP) is 4.83. The standard InChI is InChI=1S/C13H22O2Si2.C8H24O12Si8.C4H12OSi/c1-14-17(4,5)15-16(2,3)13-9-8-11-6-7-12(11)10-13;1-21-9-22(2)12-25(5)14-23(3,10-21)16-27(7)17-24(4,11-21)15-26(6,13-22)19-28(8,18-25)20-27;1-5-6(2,3)4/h8-10H,6-7H2,1-5H3;1-8H3;1-4H3. The summed E-state index contributed by atoms with van der Waals surface area (Å²) in [4.78, 5) is 0. The fourth-order valence-corrected chi connectivity index (χ4v) is 58.9. The highest BCUT2D eigenvalue weighted by Crippen LogP contribution is 2.47. The smallest absolute Gasteiger partial charge is 0.432 e. The number of hydrogen-bond acceptors (Lipinski definition) is 15. The van der Waals surface area contributed by atoms with Crippen LogP contribution in [0.5, 0.6) is 0 Å². The average molecular weight is 908 g/mol. The topological polar surface area (TPSA) is 138 Å². The highest BCUT2D eigenvalue weighted by molar-refractivity contribution is 7.02. The maximum absolute atomic E-state index is 6.39. The summed E-state index contributed by atoms with van der Waals surface area (Å²) in [5.41, 5.74) is 3.03. The summed E-state index contributed by atoms with van der Waals surface area (Å²) < 4.78 is 93.7. The van der Waals surface area contributed by atoms with E-state index in [1.54, 1.807) is 66.6 Å². The van der Waals surface area contributed by atoms with Crippen LogP contribution in [0.1, 0.15) is 11.1 Å². The molecule has 1 aromatic rings. The van der Waals surface area contributed by atoms with Gasteiger partial charge in [0.05, 0.1) is 0 Å². The predicted molar refractivity (Wildman–Crippen MR) is 213 cm³/mol. The Morgan fingerprint density at radius 1 is 0.451 bits per heavy atom. The maximum atomic E-state index is 6.39. The first kappa shape index (κ1) is 43.1. The Kier molecular flexibility index (Phi) is 11.7. The largest absolute Gasteiger partial charge is 0.475 e. The van der Waals surface area contributed by atoms with Crippen molar-refractivity contribution in [3.05, 3.63) is 29.3 Å². The van der Waals surface area contributed by atoms with E-state index in [0.717, 1.165) is 0 Å². The van der Waals surface area contributed by atoms with Gasteiger partial charge in [-0.25, -0.2) is 0 Å². The fourth-order valence-electron chi connectivity index (χ4n) is 6.83. The quantitative estimate of drug-likeness (QED) is 0.373. The van der Waals surface area contributed by atoms with Crippen molar-refractivity contribution in [2.45, 2.75) is 111 Å². The average Bonchev–Trinajstić information content (AvgIpc) is 2.82. The lowest BCUT2D eigenvalue weighted by molar-refractivity contribution is -0.0175. The number of benzene rings is 1. The van der Waals surface area contributed by atoms with Crippen molar-refractivity contribution in [2.24, 2.45) is 0 Å². The molecule has 8 bridgehead atoms. The summed E-state index contributed by atoms with van der Waals surface area (Å²) in [6, 6.07) is 6.88. The molecule has 1 aromatic carbocycles. The van der Waals surface area contributed by atoms with E-state index in [1.807, 2.05) is 0 Å². The second-order valence-corrected chi connectivity index (χ2v) is 52.0. The molecule has 0 saturated carbocycles. The molecule has 0 amide bonds. The summed E-state index contributed by atoms with van der Waals surface area (Å²) in [5, 5.41) is 1.40. The Hall–Kier alpha value is 1.01. The molecular weight excluding hydrogens is 849 g/mol. The maximum Gasteiger partial charge on any atom is 0.475 e. The summed E-state index contributed by atoms with van der Waals surface area (Å²) in [7, 11) is -28.5. The van der Waals surface area contributed by atoms with Crippen LogP contribution < -0.4 is 5.19 Å². The van der Waals surface area contributed by atoms with Crippen LogP contribution in [-0.4, -0.2) is 110 Å². The Morgan fingerprint density at radius 2 is 0.725 bits per heavy atom. The summed E-state index contributed by atoms with van der Waals surface area (Å²) in [6.07, 6.45) is 2.48. The first-order chi connectivity index (χ1) is 22.9. The highest BCUT2D eigenvalue weighted by Gasteiger charge is 2.78. The molecule has 6 heterocycles. The second kappa shape index (κ2) is 13.8. The van der Waals surface area contributed by atoms with Crippen molar-refractivity contribution in [2.75, 3.05) is 14.2 Å². The van der Waals surface area contributed by atoms with E-state index in [2.05, 4.69) is 64.0 Å². The number of hydrogen-bond donors (Lipinski definition) is 0. The molecule has 292 valence electrons. The Bertz CT molecular complexity index is 1230. The summed E-state index contributed by atoms with van der Waals surface area (Å²) >= 11 is 0. The van der Waals surface area contributed by atoms with Crippen LogP contribution in [0.15, 0.2) is 18.2 Å². The second-order valence-electron chi connectivity index (χ2n) is 16.1. The molecule has 0 unspecified atom stereocenters. The van der Waals surface area contributed by atoms with Crippen LogP contribution >= 0.6 is 0 Å². The van der Waals surface area contributed by atoms with Gasteiger partial charge in [-0.15, -0.1) is 0 Å². The first-order valence-electron chi connectivity index (χ1n) is 17.2. The van der Waals surface area contributed by atoms with Gasteiger partial charge in [0, 0.05) is 66.6 Å². The molecule has 0 atom stereocenters. The van der Waals surface area contributed by atoms with E-state index in [1.165, 1.54) is 29.2 Å². The van der Waals surface area contributed by atoms with E-state index in [9.17, 15) is 0 Å². The van der Waals surface area contributed by atoms with Crippen LogP contribution in [-0.2, 0) is 75.2 Å². The molecule has 15 nitrogen and oxygen atoms in total. The minimum absolute atomic E-state index is 1.13. The Labute approximate surface area is 316 Å². The number of fused-ring (bicyclic) bond motifs is 1. The van der Waals surface area contributed by atoms with Gasteiger partial charge in [-0.05, 0) is 75.0 Å². The van der Waals surface area contributed by atoms with Gasteiger partial charge in [-0.3, -0.25) is 0 Å². The van der Waals surface area contributed by atoms with Gasteiger partial charge in [-0.2, -0.15) is 0 Å². The van der Waals surface area contributed by atoms with E-state index in [-0.39, 0.29) is 0 Å². The van der Waals surface area contributed by atoms with Gasteiger partial charge in [0.1, 0.15) is 0 Å². The molecule has 6 saturated heterocycles. The zero-order valence-electron chi connectivity index (χ0n) is 33.3. The monoisotopic (exact) mass is 906 g/mol. The molecule has 0 spiro atoms. The van der Waals surface area contributed by atoms with Crippen molar-refractivity contribution in [1.82, 2.24) is 0 Å². The lowest BCUT2D eigenvalue weighted by Crippen LogP contribution is -2.86. The normalized spacial score (nSPS) is 42.8. The minimum atomic E-state index is -3.40. The van der Waals surface area contributed by atoms with Crippen LogP contribution in [0.2, 0.25) is 98.2 Å². The molecule has 1 aliphatic carbocycles. The van der Waals surface area contributed by atoms with Crippen LogP contribution in [0.4, 0.5) is 0 Å². The van der Waals surface area contributed by atoms with Gasteiger partial charge >= 0.3 is 79.0 Å². The first-order valence-corrected chi connectivity index (χ1v) is 44.2. The highest BCUT2D eigenvalue weighted by atomic mass is 28.6. The van der Waals surface area contributed by atoms with Crippen molar-refractivity contribution in [1.29, 1.82) is 0 Å². The van der Waals surface area contributed by atoms with Crippen molar-refractivity contribution in [3.63, 3.8) is 0 Å². The molecule has 0 aromatic heterocycles. The lowest BCUT2D eigenvalue weighted by atomic mass is 9.89. The molecule has 26 heteroatoms. The molecule has 51 heavy (non-hydrogen) atoms. The van der Waals surface area contributed by atoms with Gasteiger partial charge in [0.15, 0.2) is 8.32 Å². The van der Waals surface area contributed by atoms with E-state index in [4.69, 9.17) is 62.3 Å². The van der Waals surface area contributed by atoms with Crippen molar-refractivity contribution < 1.29 is 62.3 Å². The van der Waals surface area contributed by atoms with E-state index >= 15 is 0 Å². The molecular formula is C25H58O15Si11. The molecule has 0 N–H and O–H groups in total. The van der Waals surface area contributed by atoms with Crippen molar-refractivity contribution >= 4 is 101 Å². The molecule has 8 rings (SSSR count). The third kappa shape index (κ3) is 10.3. The van der Waals surface area contributed by atoms with E-state index in [0.29, 0.717) is 0 Å². The minimum Gasteiger partial charge on any atom is -0.432 e. The van der Waals surface area contributed by atoms with Gasteiger partial charge < -0.3 is 62.3 Å². The van der Waals surface area contributed by atoms with Gasteiger partial charge in [0.2, 0.25) is 8.32 Å². The van der Waals surface area contributed by atoms with Crippen LogP contribution in [0.3, 0.4) is 0 Å². The SMILES string of the molecule is CO[Si](C)(C)C.CO[Si](C)(C)O[Si](C)(C)c1ccc2c(c1)CC2.C[Si]12O[Si]3(C)O[Si]4(C)O[Si](C)(O1)O[Si]1(C)O[Si](C)(O2)O[Si](C)(O3)O[Si](C)(O4)O1. The van der Waals surface area contributed by atoms with E-state index < -0.39 is 95.6 Å². The lowest BCUT2D eigenvalue weighted by Gasteiger charge is -2.60. The number of rotatable bonds is 5. The van der Waals surface area contributed by atoms with Gasteiger partial charge in [-0.1, -0.05) is 18.2 Å². The summed E-state index contributed by atoms with van der Waals surface area (Å²) in [5.74, 6) is 0. The third-order valence-electron chi connectivity index (χ3n) is 8.62. The van der Waals surface area contributed by atoms with Crippen LogP contribution in [0.25, 0.3) is 0 Å². The van der Waals surface area contributed by atoms with Crippen molar-refractivity contribution in [3.8, 4) is 0 Å². The fraction of sp³-hybridized carbons (Fsp3) is 0.760. The molecule has 7 aliphatic rings. The molecule has 6 fully saturated rings. The number of aryl methyl sites for hydroxylation is 2. The third-order valence-corrected chi connectivity index (χ3v) is 52.1. The molecule has 0 radical (unpaired) electrons. The molecule has 6 aliphatic heterocycles. The van der Waals surface area contributed by atoms with Crippen LogP contribution in [0, 0.1) is 0 Å².